The number of phenolic OH excluding ortho intramolecular Hbond substituents is 2. The first-order chi connectivity index (χ1) is 38.9. The Morgan fingerprint density at radius 3 is 1.37 bits per heavy atom. The summed E-state index contributed by atoms with van der Waals surface area (Å²) in [5, 5.41) is 28.6. The van der Waals surface area contributed by atoms with Crippen LogP contribution in [-0.4, -0.2) is 105 Å². The lowest BCUT2D eigenvalue weighted by Gasteiger charge is -2.27. The van der Waals surface area contributed by atoms with E-state index in [2.05, 4.69) is 56.5 Å². The molecule has 0 atom stereocenters. The molecule has 0 aliphatic carbocycles. The molecular weight excluding hydrogens is 1080 g/mol. The van der Waals surface area contributed by atoms with Gasteiger partial charge in [-0.3, -0.25) is 20.2 Å². The van der Waals surface area contributed by atoms with Crippen molar-refractivity contribution in [1.82, 2.24) is 29.9 Å². The normalized spacial score (nSPS) is 13.5. The molecule has 2 aliphatic heterocycles. The molecule has 4 aromatic carbocycles. The van der Waals surface area contributed by atoms with Gasteiger partial charge in [0.15, 0.2) is 29.6 Å². The molecule has 0 bridgehead atoms. The number of aromatic hydroxyl groups is 2. The number of ether oxygens (including phenoxy) is 2. The Balaban J connectivity index is 0.000000178. The SMILES string of the molecule is NNc1ncc(F)c(N2CCOCC2)n1.O=Cc1ccc(Nc2ccc(-c3ccc(O)cc3)c(C(F)(F)F)c2)cn1.Oc1ccc(-c2ccc(Nc3ccc(/C=N/Nc4ncc(F)c(N5CCOCC5)n4)nc3)cc2C(F)(F)F)cc1. The number of hydrogen-bond donors (Lipinski definition) is 7. The number of benzene rings is 4. The molecule has 0 spiro atoms. The Morgan fingerprint density at radius 1 is 0.543 bits per heavy atom. The lowest BCUT2D eigenvalue weighted by atomic mass is 9.98. The zero-order valence-electron chi connectivity index (χ0n) is 42.3. The zero-order valence-corrected chi connectivity index (χ0v) is 42.3. The second-order valence-corrected chi connectivity index (χ2v) is 17.4. The molecule has 27 heteroatoms. The minimum Gasteiger partial charge on any atom is -0.508 e. The molecule has 10 rings (SSSR count). The number of nitrogens with one attached hydrogen (secondary N) is 4. The summed E-state index contributed by atoms with van der Waals surface area (Å²) in [6.07, 6.45) is -2.17. The predicted octanol–water partition coefficient (Wildman–Crippen LogP) is 10.2. The fourth-order valence-corrected chi connectivity index (χ4v) is 7.93. The van der Waals surface area contributed by atoms with Crippen molar-refractivity contribution in [2.45, 2.75) is 12.4 Å². The number of phenols is 2. The highest BCUT2D eigenvalue weighted by Gasteiger charge is 2.35. The van der Waals surface area contributed by atoms with Crippen LogP contribution in [0.4, 0.5) is 81.4 Å². The van der Waals surface area contributed by atoms with Crippen LogP contribution in [-0.2, 0) is 21.8 Å². The maximum absolute atomic E-state index is 14.2. The Labute approximate surface area is 456 Å². The number of halogens is 8. The van der Waals surface area contributed by atoms with Gasteiger partial charge < -0.3 is 40.1 Å². The van der Waals surface area contributed by atoms with Crippen molar-refractivity contribution in [2.75, 3.05) is 83.9 Å². The number of hydrazone groups is 1. The van der Waals surface area contributed by atoms with Gasteiger partial charge in [-0.05, 0) is 95.1 Å². The average Bonchev–Trinajstić information content (AvgIpc) is 3.49. The quantitative estimate of drug-likeness (QED) is 0.0187. The summed E-state index contributed by atoms with van der Waals surface area (Å²) in [4.78, 5) is 38.0. The van der Waals surface area contributed by atoms with Crippen LogP contribution in [0.5, 0.6) is 11.5 Å². The van der Waals surface area contributed by atoms with E-state index in [1.54, 1.807) is 28.0 Å². The summed E-state index contributed by atoms with van der Waals surface area (Å²) in [5.74, 6) is 4.85. The van der Waals surface area contributed by atoms with Gasteiger partial charge in [-0.1, -0.05) is 36.4 Å². The number of alkyl halides is 6. The Hall–Kier alpha value is -9.60. The average molecular weight is 1130 g/mol. The number of carbonyl (C=O) groups excluding carboxylic acids is 1. The Morgan fingerprint density at radius 2 is 0.963 bits per heavy atom. The van der Waals surface area contributed by atoms with Gasteiger partial charge in [0.1, 0.15) is 17.2 Å². The van der Waals surface area contributed by atoms with E-state index in [1.165, 1.54) is 97.5 Å². The maximum atomic E-state index is 14.2. The highest BCUT2D eigenvalue weighted by Crippen LogP contribution is 2.41. The van der Waals surface area contributed by atoms with Gasteiger partial charge in [-0.2, -0.15) is 41.4 Å². The van der Waals surface area contributed by atoms with Gasteiger partial charge in [0.05, 0.1) is 85.6 Å². The van der Waals surface area contributed by atoms with Crippen LogP contribution in [0.3, 0.4) is 0 Å². The van der Waals surface area contributed by atoms with Gasteiger partial charge in [-0.15, -0.1) is 0 Å². The van der Waals surface area contributed by atoms with Crippen LogP contribution in [0.1, 0.15) is 27.3 Å². The molecule has 81 heavy (non-hydrogen) atoms. The molecular formula is C54H48F8N14O5. The first-order valence-corrected chi connectivity index (χ1v) is 24.3. The second-order valence-electron chi connectivity index (χ2n) is 17.4. The van der Waals surface area contributed by atoms with E-state index >= 15 is 0 Å². The van der Waals surface area contributed by atoms with Gasteiger partial charge >= 0.3 is 12.4 Å². The molecule has 4 aromatic heterocycles. The summed E-state index contributed by atoms with van der Waals surface area (Å²) in [6, 6.07) is 25.1. The van der Waals surface area contributed by atoms with E-state index < -0.39 is 35.1 Å². The van der Waals surface area contributed by atoms with Crippen LogP contribution < -0.4 is 37.1 Å². The van der Waals surface area contributed by atoms with Crippen molar-refractivity contribution in [3.05, 3.63) is 168 Å². The molecule has 0 unspecified atom stereocenters. The van der Waals surface area contributed by atoms with Gasteiger partial charge in [-0.25, -0.2) is 30.0 Å². The first kappa shape index (κ1) is 57.6. The number of aromatic nitrogens is 6. The largest absolute Gasteiger partial charge is 0.508 e. The van der Waals surface area contributed by atoms with Crippen LogP contribution in [0.2, 0.25) is 0 Å². The number of aldehydes is 1. The number of rotatable bonds is 13. The summed E-state index contributed by atoms with van der Waals surface area (Å²) >= 11 is 0. The molecule has 6 heterocycles. The van der Waals surface area contributed by atoms with Crippen molar-refractivity contribution in [3.63, 3.8) is 0 Å². The number of nitrogens with zero attached hydrogens (tertiary/aromatic N) is 9. The molecule has 2 fully saturated rings. The molecule has 0 saturated carbocycles. The highest BCUT2D eigenvalue weighted by molar-refractivity contribution is 5.79. The fraction of sp³-hybridized carbons (Fsp3) is 0.185. The van der Waals surface area contributed by atoms with Crippen LogP contribution in [0.15, 0.2) is 139 Å². The molecule has 19 nitrogen and oxygen atoms in total. The third-order valence-corrected chi connectivity index (χ3v) is 11.8. The topological polar surface area (TPSA) is 246 Å². The number of hydrazine groups is 1. The van der Waals surface area contributed by atoms with Crippen LogP contribution in [0, 0.1) is 11.6 Å². The molecule has 0 radical (unpaired) electrons. The molecule has 420 valence electrons. The zero-order chi connectivity index (χ0) is 57.5. The summed E-state index contributed by atoms with van der Waals surface area (Å²) in [7, 11) is 0. The molecule has 2 aliphatic rings. The van der Waals surface area contributed by atoms with E-state index in [4.69, 9.17) is 15.3 Å². The molecule has 8 N–H and O–H groups in total. The smallest absolute Gasteiger partial charge is 0.417 e. The fourth-order valence-electron chi connectivity index (χ4n) is 7.93. The highest BCUT2D eigenvalue weighted by atomic mass is 19.4. The monoisotopic (exact) mass is 1120 g/mol. The summed E-state index contributed by atoms with van der Waals surface area (Å²) in [6.45, 7) is 4.40. The van der Waals surface area contributed by atoms with Crippen molar-refractivity contribution in [2.24, 2.45) is 10.9 Å². The van der Waals surface area contributed by atoms with E-state index in [9.17, 15) is 50.1 Å². The Kier molecular flexibility index (Phi) is 18.7. The lowest BCUT2D eigenvalue weighted by molar-refractivity contribution is -0.137. The standard InChI is InChI=1S/C27H23F4N7O2.C19H13F3N2O2.C8H12FN5O/c28-24-16-33-26(36-25(24)38-9-11-40-12-10-38)37-34-15-19-3-4-20(14-32-19)35-18-5-8-22(23(13-18)27(29,30)31)17-1-6-21(39)7-2-17;20-19(21,22)18-9-13(24-14-3-4-15(11-25)23-10-14)5-8-17(18)12-1-6-16(26)7-2-12;9-6-5-11-8(13-10)12-7(6)14-1-3-15-4-2-14/h1-8,13-16,35,39H,9-12H2,(H,33,36,37);1-11,24,26H;5H,1-4,10H2,(H,11,12,13)/b34-15+;;. The van der Waals surface area contributed by atoms with Gasteiger partial charge in [0, 0.05) is 37.6 Å². The summed E-state index contributed by atoms with van der Waals surface area (Å²) < 4.78 is 120. The van der Waals surface area contributed by atoms with E-state index in [0.29, 0.717) is 87.1 Å². The van der Waals surface area contributed by atoms with Crippen LogP contribution >= 0.6 is 0 Å². The number of hydrogen-bond acceptors (Lipinski definition) is 19. The van der Waals surface area contributed by atoms with Gasteiger partial charge in [0.25, 0.3) is 0 Å². The van der Waals surface area contributed by atoms with Crippen molar-refractivity contribution >= 4 is 58.8 Å². The van der Waals surface area contributed by atoms with Gasteiger partial charge in [0.2, 0.25) is 11.9 Å². The van der Waals surface area contributed by atoms with Crippen molar-refractivity contribution in [1.29, 1.82) is 0 Å². The number of nitrogens with two attached hydrogens (primary N) is 1. The maximum Gasteiger partial charge on any atom is 0.417 e. The number of nitrogen functional groups attached to an aromatic ring is 1. The minimum absolute atomic E-state index is 0.00238. The third kappa shape index (κ3) is 15.8. The van der Waals surface area contributed by atoms with E-state index in [-0.39, 0.29) is 63.2 Å². The molecule has 0 amide bonds. The number of anilines is 8. The Bertz CT molecular complexity index is 3410. The van der Waals surface area contributed by atoms with Crippen molar-refractivity contribution < 1.29 is 59.6 Å². The molecule has 8 aromatic rings. The van der Waals surface area contributed by atoms with E-state index in [1.807, 2.05) is 0 Å². The number of morpholine rings is 2. The summed E-state index contributed by atoms with van der Waals surface area (Å²) in [5.41, 5.74) is 6.07. The number of carbonyl (C=O) groups is 1. The lowest BCUT2D eigenvalue weighted by Crippen LogP contribution is -2.37. The van der Waals surface area contributed by atoms with Crippen molar-refractivity contribution in [3.8, 4) is 33.8 Å². The van der Waals surface area contributed by atoms with E-state index in [0.717, 1.165) is 24.5 Å². The predicted molar refractivity (Wildman–Crippen MR) is 287 cm³/mol. The second kappa shape index (κ2) is 26.4. The minimum atomic E-state index is -4.59. The third-order valence-electron chi connectivity index (χ3n) is 11.8. The number of pyridine rings is 2. The first-order valence-electron chi connectivity index (χ1n) is 24.3. The molecule has 2 saturated heterocycles. The van der Waals surface area contributed by atoms with Crippen LogP contribution in [0.25, 0.3) is 22.3 Å².